The van der Waals surface area contributed by atoms with Gasteiger partial charge in [0, 0.05) is 36.7 Å². The van der Waals surface area contributed by atoms with Crippen LogP contribution >= 0.6 is 11.8 Å². The number of carbonyl (C=O) groups is 1. The Bertz CT molecular complexity index is 1000. The number of carbonyl (C=O) groups excluding carboxylic acids is 1. The quantitative estimate of drug-likeness (QED) is 0.774. The maximum atomic E-state index is 13.2. The summed E-state index contributed by atoms with van der Waals surface area (Å²) in [5, 5.41) is 0.280. The number of sulfonamides is 1. The van der Waals surface area contributed by atoms with Gasteiger partial charge in [-0.15, -0.1) is 11.8 Å². The zero-order chi connectivity index (χ0) is 19.2. The Morgan fingerprint density at radius 1 is 1.15 bits per heavy atom. The molecule has 5 nitrogen and oxygen atoms in total. The largest absolute Gasteiger partial charge is 0.310 e. The van der Waals surface area contributed by atoms with E-state index in [2.05, 4.69) is 13.0 Å². The number of thioether (sulfide) groups is 1. The molecule has 2 aliphatic heterocycles. The van der Waals surface area contributed by atoms with Crippen molar-refractivity contribution < 1.29 is 13.2 Å². The number of nitrogens with zero attached hydrogens (tertiary/aromatic N) is 2. The highest BCUT2D eigenvalue weighted by atomic mass is 32.2. The van der Waals surface area contributed by atoms with Gasteiger partial charge in [-0.2, -0.15) is 4.31 Å². The third kappa shape index (κ3) is 3.39. The van der Waals surface area contributed by atoms with Crippen molar-refractivity contribution in [2.24, 2.45) is 0 Å². The zero-order valence-corrected chi connectivity index (χ0v) is 17.0. The zero-order valence-electron chi connectivity index (χ0n) is 15.4. The average Bonchev–Trinajstić information content (AvgIpc) is 2.66. The van der Waals surface area contributed by atoms with E-state index in [4.69, 9.17) is 0 Å². The fourth-order valence-corrected chi connectivity index (χ4v) is 6.23. The highest BCUT2D eigenvalue weighted by Crippen LogP contribution is 2.40. The fraction of sp³-hybridized carbons (Fsp3) is 0.350. The van der Waals surface area contributed by atoms with E-state index in [-0.39, 0.29) is 16.1 Å². The number of anilines is 1. The van der Waals surface area contributed by atoms with E-state index >= 15 is 0 Å². The minimum Gasteiger partial charge on any atom is -0.310 e. The van der Waals surface area contributed by atoms with Crippen molar-refractivity contribution in [2.75, 3.05) is 18.0 Å². The number of hydrogen-bond donors (Lipinski definition) is 0. The number of fused-ring (bicyclic) bond motifs is 2. The summed E-state index contributed by atoms with van der Waals surface area (Å²) in [6.45, 7) is 5.04. The SMILES string of the molecule is CC(=O)N1C[C@H](C)Sc2ccc(S(=O)(=O)N3CCc4ccccc4C3)cc21. The molecule has 7 heteroatoms. The van der Waals surface area contributed by atoms with Crippen molar-refractivity contribution in [1.29, 1.82) is 0 Å². The smallest absolute Gasteiger partial charge is 0.243 e. The van der Waals surface area contributed by atoms with Crippen molar-refractivity contribution in [3.05, 3.63) is 53.6 Å². The molecule has 1 atom stereocenters. The predicted molar refractivity (Wildman–Crippen MR) is 108 cm³/mol. The third-order valence-corrected chi connectivity index (χ3v) is 8.09. The predicted octanol–water partition coefficient (Wildman–Crippen LogP) is 3.28. The second-order valence-electron chi connectivity index (χ2n) is 7.04. The average molecular weight is 403 g/mol. The Hall–Kier alpha value is -1.83. The highest BCUT2D eigenvalue weighted by molar-refractivity contribution is 8.00. The molecule has 1 amide bonds. The molecule has 2 aromatic rings. The van der Waals surface area contributed by atoms with Crippen LogP contribution in [0.5, 0.6) is 0 Å². The molecule has 0 spiro atoms. The molecule has 0 fully saturated rings. The van der Waals surface area contributed by atoms with Gasteiger partial charge in [0.25, 0.3) is 0 Å². The summed E-state index contributed by atoms with van der Waals surface area (Å²) < 4.78 is 28.0. The minimum atomic E-state index is -3.61. The maximum Gasteiger partial charge on any atom is 0.243 e. The Morgan fingerprint density at radius 2 is 1.89 bits per heavy atom. The van der Waals surface area contributed by atoms with Gasteiger partial charge in [0.1, 0.15) is 0 Å². The number of benzene rings is 2. The molecule has 2 heterocycles. The van der Waals surface area contributed by atoms with Crippen LogP contribution in [0.3, 0.4) is 0 Å². The monoisotopic (exact) mass is 402 g/mol. The van der Waals surface area contributed by atoms with E-state index in [1.807, 2.05) is 24.3 Å². The van der Waals surface area contributed by atoms with Crippen molar-refractivity contribution >= 4 is 33.4 Å². The molecule has 0 unspecified atom stereocenters. The van der Waals surface area contributed by atoms with Gasteiger partial charge in [-0.25, -0.2) is 8.42 Å². The first-order valence-corrected chi connectivity index (χ1v) is 11.3. The Balaban J connectivity index is 1.69. The fourth-order valence-electron chi connectivity index (χ4n) is 3.70. The maximum absolute atomic E-state index is 13.2. The third-order valence-electron chi connectivity index (χ3n) is 5.10. The van der Waals surface area contributed by atoms with E-state index in [1.54, 1.807) is 28.8 Å². The first-order valence-electron chi connectivity index (χ1n) is 9.02. The van der Waals surface area contributed by atoms with Crippen LogP contribution in [0, 0.1) is 0 Å². The molecule has 0 saturated heterocycles. The Morgan fingerprint density at radius 3 is 2.63 bits per heavy atom. The minimum absolute atomic E-state index is 0.0650. The molecule has 0 N–H and O–H groups in total. The molecular weight excluding hydrogens is 380 g/mol. The number of rotatable bonds is 2. The van der Waals surface area contributed by atoms with Gasteiger partial charge >= 0.3 is 0 Å². The summed E-state index contributed by atoms with van der Waals surface area (Å²) in [5.74, 6) is -0.0650. The summed E-state index contributed by atoms with van der Waals surface area (Å²) in [7, 11) is -3.61. The molecule has 0 aliphatic carbocycles. The molecule has 0 aromatic heterocycles. The van der Waals surface area contributed by atoms with Crippen LogP contribution in [-0.2, 0) is 27.8 Å². The summed E-state index contributed by atoms with van der Waals surface area (Å²) in [5.41, 5.74) is 2.96. The van der Waals surface area contributed by atoms with Gasteiger partial charge in [-0.05, 0) is 35.7 Å². The number of hydrogen-bond acceptors (Lipinski definition) is 4. The summed E-state index contributed by atoms with van der Waals surface area (Å²) >= 11 is 1.68. The van der Waals surface area contributed by atoms with Crippen LogP contribution in [0.1, 0.15) is 25.0 Å². The van der Waals surface area contributed by atoms with Crippen LogP contribution in [0.15, 0.2) is 52.3 Å². The van der Waals surface area contributed by atoms with Gasteiger partial charge in [0.05, 0.1) is 10.6 Å². The normalized spacial score (nSPS) is 20.1. The first kappa shape index (κ1) is 18.5. The van der Waals surface area contributed by atoms with Crippen LogP contribution in [0.2, 0.25) is 0 Å². The van der Waals surface area contributed by atoms with Crippen molar-refractivity contribution in [1.82, 2.24) is 4.31 Å². The van der Waals surface area contributed by atoms with E-state index < -0.39 is 10.0 Å². The lowest BCUT2D eigenvalue weighted by Crippen LogP contribution is -2.38. The van der Waals surface area contributed by atoms with Crippen molar-refractivity contribution in [2.45, 2.75) is 41.9 Å². The molecule has 4 rings (SSSR count). The molecule has 27 heavy (non-hydrogen) atoms. The second kappa shape index (κ2) is 6.96. The van der Waals surface area contributed by atoms with Crippen molar-refractivity contribution in [3.63, 3.8) is 0 Å². The van der Waals surface area contributed by atoms with E-state index in [1.165, 1.54) is 16.8 Å². The number of amides is 1. The topological polar surface area (TPSA) is 57.7 Å². The lowest BCUT2D eigenvalue weighted by Gasteiger charge is -2.33. The van der Waals surface area contributed by atoms with Gasteiger partial charge in [-0.1, -0.05) is 31.2 Å². The summed E-state index contributed by atoms with van der Waals surface area (Å²) in [6, 6.07) is 13.1. The summed E-state index contributed by atoms with van der Waals surface area (Å²) in [6.07, 6.45) is 0.716. The lowest BCUT2D eigenvalue weighted by molar-refractivity contribution is -0.116. The van der Waals surface area contributed by atoms with Crippen LogP contribution in [0.25, 0.3) is 0 Å². The first-order chi connectivity index (χ1) is 12.9. The molecule has 0 bridgehead atoms. The van der Waals surface area contributed by atoms with Gasteiger partial charge in [0.15, 0.2) is 0 Å². The second-order valence-corrected chi connectivity index (χ2v) is 10.5. The molecule has 142 valence electrons. The molecule has 2 aromatic carbocycles. The summed E-state index contributed by atoms with van der Waals surface area (Å²) in [4.78, 5) is 14.9. The Kier molecular flexibility index (Phi) is 4.78. The van der Waals surface area contributed by atoms with Gasteiger partial charge in [0.2, 0.25) is 15.9 Å². The van der Waals surface area contributed by atoms with Gasteiger partial charge in [-0.3, -0.25) is 4.79 Å². The molecular formula is C20H22N2O3S2. The van der Waals surface area contributed by atoms with E-state index in [0.29, 0.717) is 31.7 Å². The molecule has 0 saturated carbocycles. The standard InChI is InChI=1S/C20H22N2O3S2/c1-14-12-22(15(2)23)19-11-18(7-8-20(19)26-14)27(24,25)21-10-9-16-5-3-4-6-17(16)13-21/h3-8,11,14H,9-10,12-13H2,1-2H3/t14-/m0/s1. The van der Waals surface area contributed by atoms with E-state index in [9.17, 15) is 13.2 Å². The highest BCUT2D eigenvalue weighted by Gasteiger charge is 2.31. The van der Waals surface area contributed by atoms with E-state index in [0.717, 1.165) is 10.5 Å². The van der Waals surface area contributed by atoms with Crippen LogP contribution in [0.4, 0.5) is 5.69 Å². The Labute approximate surface area is 164 Å². The van der Waals surface area contributed by atoms with Crippen molar-refractivity contribution in [3.8, 4) is 0 Å². The molecule has 2 aliphatic rings. The molecule has 0 radical (unpaired) electrons. The van der Waals surface area contributed by atoms with Crippen LogP contribution < -0.4 is 4.90 Å². The lowest BCUT2D eigenvalue weighted by atomic mass is 10.0. The van der Waals surface area contributed by atoms with Gasteiger partial charge < -0.3 is 4.90 Å². The van der Waals surface area contributed by atoms with Crippen LogP contribution in [-0.4, -0.2) is 37.0 Å².